The minimum Gasteiger partial charge on any atom is -0.0844 e. The van der Waals surface area contributed by atoms with E-state index < -0.39 is 0 Å². The van der Waals surface area contributed by atoms with Crippen molar-refractivity contribution in [3.63, 3.8) is 0 Å². The van der Waals surface area contributed by atoms with Crippen LogP contribution in [0.3, 0.4) is 0 Å². The molecular weight excluding hydrogens is 180 g/mol. The zero-order valence-corrected chi connectivity index (χ0v) is 9.47. The van der Waals surface area contributed by atoms with Gasteiger partial charge in [-0.05, 0) is 62.5 Å². The predicted octanol–water partition coefficient (Wildman–Crippen LogP) is 4.54. The van der Waals surface area contributed by atoms with Crippen molar-refractivity contribution in [2.45, 2.75) is 51.4 Å². The molecule has 0 saturated heterocycles. The summed E-state index contributed by atoms with van der Waals surface area (Å²) in [5.41, 5.74) is 5.14. The molecule has 0 nitrogen and oxygen atoms in total. The molecule has 0 heterocycles. The Labute approximate surface area is 92.8 Å². The van der Waals surface area contributed by atoms with Crippen LogP contribution in [0, 0.1) is 5.92 Å². The molecule has 3 aliphatic carbocycles. The lowest BCUT2D eigenvalue weighted by Crippen LogP contribution is -2.16. The Balaban J connectivity index is 1.86. The molecule has 0 aliphatic heterocycles. The van der Waals surface area contributed by atoms with E-state index in [1.165, 1.54) is 51.4 Å². The topological polar surface area (TPSA) is 0 Å². The van der Waals surface area contributed by atoms with Gasteiger partial charge in [0, 0.05) is 5.92 Å². The van der Waals surface area contributed by atoms with Crippen molar-refractivity contribution in [2.75, 3.05) is 0 Å². The second kappa shape index (κ2) is 4.00. The largest absolute Gasteiger partial charge is 0.0844 e. The highest BCUT2D eigenvalue weighted by Gasteiger charge is 2.26. The SMILES string of the molecule is C1=C(C2=CCCCC2C2=CCC2)CCC1. The summed E-state index contributed by atoms with van der Waals surface area (Å²) in [5, 5.41) is 0. The molecule has 0 bridgehead atoms. The Morgan fingerprint density at radius 3 is 2.40 bits per heavy atom. The van der Waals surface area contributed by atoms with E-state index in [1.54, 1.807) is 16.7 Å². The molecule has 0 aromatic heterocycles. The molecule has 0 spiro atoms. The lowest BCUT2D eigenvalue weighted by molar-refractivity contribution is 0.540. The van der Waals surface area contributed by atoms with Crippen molar-refractivity contribution >= 4 is 0 Å². The summed E-state index contributed by atoms with van der Waals surface area (Å²) in [6.07, 6.45) is 18.4. The van der Waals surface area contributed by atoms with E-state index in [1.807, 2.05) is 0 Å². The zero-order valence-electron chi connectivity index (χ0n) is 9.47. The smallest absolute Gasteiger partial charge is 0.00478 e. The summed E-state index contributed by atoms with van der Waals surface area (Å²) >= 11 is 0. The molecule has 0 heteroatoms. The third-order valence-corrected chi connectivity index (χ3v) is 4.14. The molecule has 3 rings (SSSR count). The first kappa shape index (κ1) is 9.45. The quantitative estimate of drug-likeness (QED) is 0.574. The van der Waals surface area contributed by atoms with Crippen LogP contribution >= 0.6 is 0 Å². The first-order valence-electron chi connectivity index (χ1n) is 6.53. The van der Waals surface area contributed by atoms with Crippen molar-refractivity contribution in [2.24, 2.45) is 5.92 Å². The molecule has 1 unspecified atom stereocenters. The molecule has 3 aliphatic rings. The molecular formula is C15H20. The van der Waals surface area contributed by atoms with Crippen LogP contribution in [-0.2, 0) is 0 Å². The number of rotatable bonds is 2. The highest BCUT2D eigenvalue weighted by atomic mass is 14.3. The van der Waals surface area contributed by atoms with Crippen LogP contribution in [0.25, 0.3) is 0 Å². The van der Waals surface area contributed by atoms with Gasteiger partial charge in [0.25, 0.3) is 0 Å². The summed E-state index contributed by atoms with van der Waals surface area (Å²) in [5.74, 6) is 0.817. The first-order valence-corrected chi connectivity index (χ1v) is 6.53. The third kappa shape index (κ3) is 1.71. The average Bonchev–Trinajstić information content (AvgIpc) is 2.69. The van der Waals surface area contributed by atoms with E-state index in [4.69, 9.17) is 0 Å². The van der Waals surface area contributed by atoms with Crippen LogP contribution in [0.5, 0.6) is 0 Å². The fourth-order valence-corrected chi connectivity index (χ4v) is 3.18. The van der Waals surface area contributed by atoms with Gasteiger partial charge in [0.15, 0.2) is 0 Å². The van der Waals surface area contributed by atoms with Crippen molar-refractivity contribution in [3.8, 4) is 0 Å². The second-order valence-corrected chi connectivity index (χ2v) is 5.08. The Hall–Kier alpha value is -0.780. The summed E-state index contributed by atoms with van der Waals surface area (Å²) in [6.45, 7) is 0. The number of hydrogen-bond donors (Lipinski definition) is 0. The van der Waals surface area contributed by atoms with Crippen LogP contribution in [0.4, 0.5) is 0 Å². The van der Waals surface area contributed by atoms with E-state index in [0.29, 0.717) is 0 Å². The molecule has 0 amide bonds. The maximum absolute atomic E-state index is 2.53. The number of allylic oxidation sites excluding steroid dienone is 6. The molecule has 15 heavy (non-hydrogen) atoms. The standard InChI is InChI=1S/C15H20/c1-2-7-12(6-1)14-10-3-4-11-15(14)13-8-5-9-13/h6,8,10,15H,1-5,7,9,11H2. The van der Waals surface area contributed by atoms with Crippen LogP contribution in [0.15, 0.2) is 34.9 Å². The summed E-state index contributed by atoms with van der Waals surface area (Å²) in [6, 6.07) is 0. The maximum Gasteiger partial charge on any atom is 0.00478 e. The predicted molar refractivity (Wildman–Crippen MR) is 64.7 cm³/mol. The van der Waals surface area contributed by atoms with Gasteiger partial charge in [0.2, 0.25) is 0 Å². The summed E-state index contributed by atoms with van der Waals surface area (Å²) in [4.78, 5) is 0. The Morgan fingerprint density at radius 1 is 0.867 bits per heavy atom. The van der Waals surface area contributed by atoms with E-state index in [2.05, 4.69) is 18.2 Å². The van der Waals surface area contributed by atoms with E-state index in [-0.39, 0.29) is 0 Å². The van der Waals surface area contributed by atoms with Crippen molar-refractivity contribution in [3.05, 3.63) is 34.9 Å². The minimum absolute atomic E-state index is 0.817. The highest BCUT2D eigenvalue weighted by Crippen LogP contribution is 2.42. The second-order valence-electron chi connectivity index (χ2n) is 5.08. The molecule has 1 atom stereocenters. The lowest BCUT2D eigenvalue weighted by Gasteiger charge is -2.31. The highest BCUT2D eigenvalue weighted by molar-refractivity contribution is 5.41. The minimum atomic E-state index is 0.817. The molecule has 0 radical (unpaired) electrons. The van der Waals surface area contributed by atoms with Gasteiger partial charge in [-0.15, -0.1) is 0 Å². The van der Waals surface area contributed by atoms with Crippen LogP contribution < -0.4 is 0 Å². The van der Waals surface area contributed by atoms with Crippen molar-refractivity contribution in [1.82, 2.24) is 0 Å². The summed E-state index contributed by atoms with van der Waals surface area (Å²) < 4.78 is 0. The van der Waals surface area contributed by atoms with Gasteiger partial charge in [0.05, 0.1) is 0 Å². The van der Waals surface area contributed by atoms with Crippen LogP contribution in [0.1, 0.15) is 51.4 Å². The first-order chi connectivity index (χ1) is 7.45. The molecule has 0 saturated carbocycles. The normalized spacial score (nSPS) is 30.4. The lowest BCUT2D eigenvalue weighted by atomic mass is 9.74. The number of hydrogen-bond acceptors (Lipinski definition) is 0. The Morgan fingerprint density at radius 2 is 1.73 bits per heavy atom. The maximum atomic E-state index is 2.53. The summed E-state index contributed by atoms with van der Waals surface area (Å²) in [7, 11) is 0. The van der Waals surface area contributed by atoms with E-state index in [0.717, 1.165) is 5.92 Å². The van der Waals surface area contributed by atoms with Crippen molar-refractivity contribution < 1.29 is 0 Å². The van der Waals surface area contributed by atoms with Gasteiger partial charge in [-0.25, -0.2) is 0 Å². The molecule has 0 N–H and O–H groups in total. The van der Waals surface area contributed by atoms with Crippen molar-refractivity contribution in [1.29, 1.82) is 0 Å². The Kier molecular flexibility index (Phi) is 2.52. The van der Waals surface area contributed by atoms with E-state index in [9.17, 15) is 0 Å². The Bertz CT molecular complexity index is 341. The van der Waals surface area contributed by atoms with E-state index >= 15 is 0 Å². The average molecular weight is 200 g/mol. The molecule has 80 valence electrons. The van der Waals surface area contributed by atoms with Gasteiger partial charge in [0.1, 0.15) is 0 Å². The van der Waals surface area contributed by atoms with Gasteiger partial charge in [-0.3, -0.25) is 0 Å². The molecule has 0 aromatic rings. The monoisotopic (exact) mass is 200 g/mol. The van der Waals surface area contributed by atoms with Gasteiger partial charge in [-0.1, -0.05) is 23.8 Å². The molecule has 0 aromatic carbocycles. The zero-order chi connectivity index (χ0) is 10.1. The molecule has 0 fully saturated rings. The van der Waals surface area contributed by atoms with Gasteiger partial charge in [-0.2, -0.15) is 0 Å². The van der Waals surface area contributed by atoms with Gasteiger partial charge >= 0.3 is 0 Å². The third-order valence-electron chi connectivity index (χ3n) is 4.14. The van der Waals surface area contributed by atoms with Crippen LogP contribution in [0.2, 0.25) is 0 Å². The fraction of sp³-hybridized carbons (Fsp3) is 0.600. The van der Waals surface area contributed by atoms with Gasteiger partial charge < -0.3 is 0 Å². The fourth-order valence-electron chi connectivity index (χ4n) is 3.18. The van der Waals surface area contributed by atoms with Crippen LogP contribution in [-0.4, -0.2) is 0 Å².